The second-order valence-electron chi connectivity index (χ2n) is 6.94. The van der Waals surface area contributed by atoms with Crippen LogP contribution in [-0.2, 0) is 11.3 Å². The molecule has 2 aromatic rings. The average molecular weight is 574 g/mol. The standard InChI is InChI=1S/C22H31N5O3S.HI/c1-6-11-24-19(28)17-10-8-9-16(12-17)13-25-22(23-5)27-15(4)20-26-14(3)18(31-20)21(29)30-7-2;/h8-10,12,15H,6-7,11,13H2,1-5H3,(H,24,28)(H2,23,25,27);1H. The summed E-state index contributed by atoms with van der Waals surface area (Å²) in [6, 6.07) is 7.34. The van der Waals surface area contributed by atoms with Crippen molar-refractivity contribution in [2.24, 2.45) is 4.99 Å². The molecule has 10 heteroatoms. The minimum atomic E-state index is -0.346. The summed E-state index contributed by atoms with van der Waals surface area (Å²) in [6.45, 7) is 9.05. The van der Waals surface area contributed by atoms with Crippen LogP contribution in [-0.4, -0.2) is 43.0 Å². The van der Waals surface area contributed by atoms with Crippen molar-refractivity contribution in [1.82, 2.24) is 20.9 Å². The van der Waals surface area contributed by atoms with Gasteiger partial charge in [0.1, 0.15) is 9.88 Å². The molecule has 1 atom stereocenters. The molecule has 0 aliphatic rings. The molecule has 3 N–H and O–H groups in total. The highest BCUT2D eigenvalue weighted by Gasteiger charge is 2.20. The predicted molar refractivity (Wildman–Crippen MR) is 139 cm³/mol. The Kier molecular flexibility index (Phi) is 12.2. The molecule has 1 amide bonds. The number of hydrogen-bond donors (Lipinski definition) is 3. The summed E-state index contributed by atoms with van der Waals surface area (Å²) in [6.07, 6.45) is 0.896. The van der Waals surface area contributed by atoms with Crippen molar-refractivity contribution >= 4 is 53.1 Å². The van der Waals surface area contributed by atoms with Crippen molar-refractivity contribution in [3.05, 3.63) is 51.0 Å². The Morgan fingerprint density at radius 1 is 1.25 bits per heavy atom. The topological polar surface area (TPSA) is 105 Å². The van der Waals surface area contributed by atoms with Crippen LogP contribution < -0.4 is 16.0 Å². The minimum Gasteiger partial charge on any atom is -0.462 e. The number of halogens is 1. The molecule has 0 saturated carbocycles. The molecule has 0 aliphatic carbocycles. The average Bonchev–Trinajstić information content (AvgIpc) is 3.17. The molecule has 1 aromatic heterocycles. The highest BCUT2D eigenvalue weighted by atomic mass is 127. The molecule has 176 valence electrons. The van der Waals surface area contributed by atoms with Crippen LogP contribution in [0.5, 0.6) is 0 Å². The zero-order valence-electron chi connectivity index (χ0n) is 19.2. The lowest BCUT2D eigenvalue weighted by Crippen LogP contribution is -2.38. The Morgan fingerprint density at radius 2 is 2.00 bits per heavy atom. The van der Waals surface area contributed by atoms with Gasteiger partial charge < -0.3 is 20.7 Å². The van der Waals surface area contributed by atoms with Gasteiger partial charge in [0.2, 0.25) is 0 Å². The van der Waals surface area contributed by atoms with E-state index in [-0.39, 0.29) is 41.9 Å². The van der Waals surface area contributed by atoms with Crippen LogP contribution in [0.25, 0.3) is 0 Å². The molecule has 32 heavy (non-hydrogen) atoms. The van der Waals surface area contributed by atoms with Crippen molar-refractivity contribution < 1.29 is 14.3 Å². The van der Waals surface area contributed by atoms with E-state index in [1.807, 2.05) is 32.0 Å². The molecule has 8 nitrogen and oxygen atoms in total. The Labute approximate surface area is 210 Å². The first-order valence-electron chi connectivity index (χ1n) is 10.4. The van der Waals surface area contributed by atoms with E-state index in [2.05, 4.69) is 25.9 Å². The number of benzene rings is 1. The van der Waals surface area contributed by atoms with Crippen LogP contribution in [0, 0.1) is 6.92 Å². The van der Waals surface area contributed by atoms with Gasteiger partial charge in [-0.1, -0.05) is 19.1 Å². The number of ether oxygens (including phenoxy) is 1. The van der Waals surface area contributed by atoms with E-state index >= 15 is 0 Å². The van der Waals surface area contributed by atoms with E-state index in [9.17, 15) is 9.59 Å². The number of nitrogens with zero attached hydrogens (tertiary/aromatic N) is 2. The fourth-order valence-electron chi connectivity index (χ4n) is 2.80. The summed E-state index contributed by atoms with van der Waals surface area (Å²) < 4.78 is 5.09. The number of hydrogen-bond acceptors (Lipinski definition) is 6. The molecule has 0 fully saturated rings. The SMILES string of the molecule is CCCNC(=O)c1cccc(CNC(=NC)NC(C)c2nc(C)c(C(=O)OCC)s2)c1.I. The summed E-state index contributed by atoms with van der Waals surface area (Å²) in [5, 5.41) is 10.2. The second kappa shape index (κ2) is 14.0. The van der Waals surface area contributed by atoms with Crippen LogP contribution in [0.15, 0.2) is 29.3 Å². The highest BCUT2D eigenvalue weighted by Crippen LogP contribution is 2.24. The van der Waals surface area contributed by atoms with Crippen LogP contribution in [0.3, 0.4) is 0 Å². The molecule has 1 heterocycles. The van der Waals surface area contributed by atoms with Crippen LogP contribution >= 0.6 is 35.3 Å². The quantitative estimate of drug-likeness (QED) is 0.183. The van der Waals surface area contributed by atoms with Gasteiger partial charge in [0.15, 0.2) is 5.96 Å². The van der Waals surface area contributed by atoms with Gasteiger partial charge in [0, 0.05) is 25.7 Å². The number of aryl methyl sites for hydroxylation is 1. The van der Waals surface area contributed by atoms with Crippen molar-refractivity contribution in [3.8, 4) is 0 Å². The lowest BCUT2D eigenvalue weighted by molar-refractivity contribution is 0.0531. The number of aromatic nitrogens is 1. The largest absolute Gasteiger partial charge is 0.462 e. The molecule has 0 bridgehead atoms. The molecule has 0 radical (unpaired) electrons. The van der Waals surface area contributed by atoms with E-state index in [1.54, 1.807) is 27.0 Å². The van der Waals surface area contributed by atoms with Crippen LogP contribution in [0.2, 0.25) is 0 Å². The normalized spacial score (nSPS) is 11.8. The first kappa shape index (κ1) is 27.8. The molecule has 0 spiro atoms. The molecule has 1 unspecified atom stereocenters. The maximum atomic E-state index is 12.2. The fraction of sp³-hybridized carbons (Fsp3) is 0.455. The maximum absolute atomic E-state index is 12.2. The number of rotatable bonds is 9. The van der Waals surface area contributed by atoms with Gasteiger partial charge in [0.25, 0.3) is 5.91 Å². The fourth-order valence-corrected chi connectivity index (χ4v) is 3.76. The zero-order chi connectivity index (χ0) is 22.8. The molecule has 0 saturated heterocycles. The Hall–Kier alpha value is -2.21. The third-order valence-corrected chi connectivity index (χ3v) is 5.73. The highest BCUT2D eigenvalue weighted by molar-refractivity contribution is 14.0. The van der Waals surface area contributed by atoms with Gasteiger partial charge in [0.05, 0.1) is 18.3 Å². The smallest absolute Gasteiger partial charge is 0.350 e. The number of carbonyl (C=O) groups is 2. The van der Waals surface area contributed by atoms with Crippen molar-refractivity contribution in [2.75, 3.05) is 20.2 Å². The lowest BCUT2D eigenvalue weighted by Gasteiger charge is -2.16. The lowest BCUT2D eigenvalue weighted by atomic mass is 10.1. The van der Waals surface area contributed by atoms with E-state index in [1.165, 1.54) is 11.3 Å². The number of carbonyl (C=O) groups excluding carboxylic acids is 2. The monoisotopic (exact) mass is 573 g/mol. The van der Waals surface area contributed by atoms with E-state index < -0.39 is 0 Å². The second-order valence-corrected chi connectivity index (χ2v) is 7.97. The summed E-state index contributed by atoms with van der Waals surface area (Å²) in [4.78, 5) is 33.5. The molecule has 2 rings (SSSR count). The third kappa shape index (κ3) is 8.05. The van der Waals surface area contributed by atoms with Gasteiger partial charge >= 0.3 is 5.97 Å². The molecule has 0 aliphatic heterocycles. The zero-order valence-corrected chi connectivity index (χ0v) is 22.3. The Morgan fingerprint density at radius 3 is 2.66 bits per heavy atom. The first-order chi connectivity index (χ1) is 14.9. The van der Waals surface area contributed by atoms with E-state index in [0.29, 0.717) is 41.8 Å². The third-order valence-electron chi connectivity index (χ3n) is 4.41. The van der Waals surface area contributed by atoms with Crippen molar-refractivity contribution in [2.45, 2.75) is 46.7 Å². The number of aliphatic imine (C=N–C) groups is 1. The number of nitrogens with one attached hydrogen (secondary N) is 3. The number of guanidine groups is 1. The summed E-state index contributed by atoms with van der Waals surface area (Å²) in [5.41, 5.74) is 2.26. The minimum absolute atomic E-state index is 0. The van der Waals surface area contributed by atoms with Crippen LogP contribution in [0.4, 0.5) is 0 Å². The molecular formula is C22H32IN5O3S. The Balaban J connectivity index is 0.00000512. The van der Waals surface area contributed by atoms with E-state index in [4.69, 9.17) is 4.74 Å². The van der Waals surface area contributed by atoms with Gasteiger partial charge in [-0.2, -0.15) is 0 Å². The first-order valence-corrected chi connectivity index (χ1v) is 11.2. The molecule has 1 aromatic carbocycles. The van der Waals surface area contributed by atoms with Crippen molar-refractivity contribution in [3.63, 3.8) is 0 Å². The Bertz CT molecular complexity index is 932. The summed E-state index contributed by atoms with van der Waals surface area (Å²) in [5.74, 6) is 0.177. The van der Waals surface area contributed by atoms with Gasteiger partial charge in [-0.15, -0.1) is 35.3 Å². The molecular weight excluding hydrogens is 541 g/mol. The summed E-state index contributed by atoms with van der Waals surface area (Å²) in [7, 11) is 1.69. The van der Waals surface area contributed by atoms with Gasteiger partial charge in [-0.25, -0.2) is 9.78 Å². The number of amides is 1. The predicted octanol–water partition coefficient (Wildman–Crippen LogP) is 3.81. The number of esters is 1. The van der Waals surface area contributed by atoms with Gasteiger partial charge in [-0.05, 0) is 44.9 Å². The number of thiazole rings is 1. The maximum Gasteiger partial charge on any atom is 0.350 e. The van der Waals surface area contributed by atoms with Crippen LogP contribution in [0.1, 0.15) is 69.5 Å². The van der Waals surface area contributed by atoms with Crippen molar-refractivity contribution in [1.29, 1.82) is 0 Å². The van der Waals surface area contributed by atoms with Gasteiger partial charge in [-0.3, -0.25) is 9.79 Å². The summed E-state index contributed by atoms with van der Waals surface area (Å²) >= 11 is 1.32. The van der Waals surface area contributed by atoms with E-state index in [0.717, 1.165) is 17.0 Å².